The van der Waals surface area contributed by atoms with Crippen LogP contribution in [0.5, 0.6) is 0 Å². The van der Waals surface area contributed by atoms with E-state index in [4.69, 9.17) is 11.6 Å². The van der Waals surface area contributed by atoms with E-state index in [-0.39, 0.29) is 0 Å². The molecule has 0 aliphatic carbocycles. The Morgan fingerprint density at radius 2 is 2.45 bits per heavy atom. The second-order valence-corrected chi connectivity index (χ2v) is 2.88. The fraction of sp³-hybridized carbons (Fsp3) is 0. The second kappa shape index (κ2) is 3.62. The number of aliphatic imine (C=N–C) groups is 1. The van der Waals surface area contributed by atoms with Crippen molar-refractivity contribution < 1.29 is 4.79 Å². The van der Waals surface area contributed by atoms with Gasteiger partial charge in [0.05, 0.1) is 16.4 Å². The lowest BCUT2D eigenvalue weighted by molar-refractivity contribution is 0.565. The van der Waals surface area contributed by atoms with E-state index in [0.717, 1.165) is 0 Å². The summed E-state index contributed by atoms with van der Waals surface area (Å²) in [4.78, 5) is 16.9. The van der Waals surface area contributed by atoms with Gasteiger partial charge in [0.1, 0.15) is 5.15 Å². The van der Waals surface area contributed by atoms with E-state index in [0.29, 0.717) is 15.3 Å². The van der Waals surface area contributed by atoms with Crippen molar-refractivity contribution in [2.75, 3.05) is 0 Å². The molecule has 0 aliphatic heterocycles. The lowest BCUT2D eigenvalue weighted by atomic mass is 10.4. The molecule has 0 aromatic carbocycles. The Hall–Kier alpha value is -0.700. The van der Waals surface area contributed by atoms with E-state index in [1.807, 2.05) is 0 Å². The monoisotopic (exact) mass is 232 g/mol. The molecule has 1 aromatic rings. The van der Waals surface area contributed by atoms with Gasteiger partial charge in [0, 0.05) is 0 Å². The molecule has 0 spiro atoms. The topological polar surface area (TPSA) is 42.3 Å². The van der Waals surface area contributed by atoms with Crippen molar-refractivity contribution in [3.05, 3.63) is 21.9 Å². The highest BCUT2D eigenvalue weighted by Gasteiger charge is 1.97. The number of nitrogens with zero attached hydrogens (tertiary/aromatic N) is 2. The number of rotatable bonds is 1. The summed E-state index contributed by atoms with van der Waals surface area (Å²) in [6.07, 6.45) is 2.79. The number of hydrogen-bond donors (Lipinski definition) is 0. The van der Waals surface area contributed by atoms with E-state index in [1.165, 1.54) is 12.3 Å². The SMILES string of the molecule is O=C=Nc1cnc(Cl)c(Br)c1. The largest absolute Gasteiger partial charge is 0.241 e. The summed E-state index contributed by atoms with van der Waals surface area (Å²) < 4.78 is 0.607. The van der Waals surface area contributed by atoms with Crippen LogP contribution in [0, 0.1) is 0 Å². The highest BCUT2D eigenvalue weighted by atomic mass is 79.9. The predicted octanol–water partition coefficient (Wildman–Crippen LogP) is 2.46. The molecule has 56 valence electrons. The number of carbonyl (C=O) groups excluding carboxylic acids is 1. The summed E-state index contributed by atoms with van der Waals surface area (Å²) in [7, 11) is 0. The predicted molar refractivity (Wildman–Crippen MR) is 44.7 cm³/mol. The Balaban J connectivity index is 3.14. The third-order valence-corrected chi connectivity index (χ3v) is 2.09. The Morgan fingerprint density at radius 3 is 3.00 bits per heavy atom. The third kappa shape index (κ3) is 2.12. The zero-order chi connectivity index (χ0) is 8.27. The lowest BCUT2D eigenvalue weighted by Crippen LogP contribution is -1.74. The summed E-state index contributed by atoms with van der Waals surface area (Å²) in [5.74, 6) is 0. The molecule has 0 N–H and O–H groups in total. The molecule has 0 fully saturated rings. The van der Waals surface area contributed by atoms with Crippen molar-refractivity contribution >= 4 is 39.3 Å². The molecule has 5 heteroatoms. The fourth-order valence-electron chi connectivity index (χ4n) is 0.525. The number of pyridine rings is 1. The minimum Gasteiger partial charge on any atom is -0.241 e. The summed E-state index contributed by atoms with van der Waals surface area (Å²) in [6, 6.07) is 1.58. The molecule has 0 unspecified atom stereocenters. The van der Waals surface area contributed by atoms with Gasteiger partial charge in [-0.1, -0.05) is 11.6 Å². The highest BCUT2D eigenvalue weighted by molar-refractivity contribution is 9.10. The Kier molecular flexibility index (Phi) is 2.76. The van der Waals surface area contributed by atoms with Crippen LogP contribution in [0.3, 0.4) is 0 Å². The number of isocyanates is 1. The van der Waals surface area contributed by atoms with Gasteiger partial charge in [0.2, 0.25) is 6.08 Å². The van der Waals surface area contributed by atoms with E-state index < -0.39 is 0 Å². The molecule has 1 heterocycles. The van der Waals surface area contributed by atoms with Crippen LogP contribution in [-0.2, 0) is 4.79 Å². The zero-order valence-electron chi connectivity index (χ0n) is 5.21. The minimum absolute atomic E-state index is 0.342. The number of aromatic nitrogens is 1. The normalized spacial score (nSPS) is 8.91. The van der Waals surface area contributed by atoms with Gasteiger partial charge in [0.25, 0.3) is 0 Å². The summed E-state index contributed by atoms with van der Waals surface area (Å²) in [5.41, 5.74) is 0.427. The Labute approximate surface area is 76.2 Å². The first-order valence-corrected chi connectivity index (χ1v) is 3.80. The summed E-state index contributed by atoms with van der Waals surface area (Å²) >= 11 is 8.71. The average molecular weight is 233 g/mol. The molecule has 3 nitrogen and oxygen atoms in total. The fourth-order valence-corrected chi connectivity index (χ4v) is 0.965. The van der Waals surface area contributed by atoms with Gasteiger partial charge in [0.15, 0.2) is 0 Å². The van der Waals surface area contributed by atoms with Crippen molar-refractivity contribution in [1.29, 1.82) is 0 Å². The van der Waals surface area contributed by atoms with Gasteiger partial charge in [-0.05, 0) is 22.0 Å². The second-order valence-electron chi connectivity index (χ2n) is 1.67. The molecule has 11 heavy (non-hydrogen) atoms. The van der Waals surface area contributed by atoms with Gasteiger partial charge in [-0.25, -0.2) is 9.78 Å². The van der Waals surface area contributed by atoms with Crippen LogP contribution < -0.4 is 0 Å². The van der Waals surface area contributed by atoms with Gasteiger partial charge >= 0.3 is 0 Å². The molecule has 0 bridgehead atoms. The Bertz CT molecular complexity index is 322. The van der Waals surface area contributed by atoms with Crippen LogP contribution in [0.1, 0.15) is 0 Å². The number of hydrogen-bond acceptors (Lipinski definition) is 3. The van der Waals surface area contributed by atoms with Crippen molar-refractivity contribution in [3.8, 4) is 0 Å². The molecule has 0 radical (unpaired) electrons. The van der Waals surface area contributed by atoms with Crippen molar-refractivity contribution in [2.45, 2.75) is 0 Å². The quantitative estimate of drug-likeness (QED) is 0.425. The van der Waals surface area contributed by atoms with Gasteiger partial charge in [-0.3, -0.25) is 0 Å². The molecule has 0 saturated heterocycles. The van der Waals surface area contributed by atoms with E-state index in [1.54, 1.807) is 6.07 Å². The lowest BCUT2D eigenvalue weighted by Gasteiger charge is -1.93. The highest BCUT2D eigenvalue weighted by Crippen LogP contribution is 2.23. The maximum atomic E-state index is 9.80. The van der Waals surface area contributed by atoms with Crippen LogP contribution in [0.25, 0.3) is 0 Å². The van der Waals surface area contributed by atoms with Gasteiger partial charge in [-0.2, -0.15) is 4.99 Å². The maximum Gasteiger partial charge on any atom is 0.240 e. The molecule has 1 rings (SSSR count). The van der Waals surface area contributed by atoms with Gasteiger partial charge in [-0.15, -0.1) is 0 Å². The van der Waals surface area contributed by atoms with Crippen LogP contribution in [0.4, 0.5) is 5.69 Å². The van der Waals surface area contributed by atoms with Crippen LogP contribution in [-0.4, -0.2) is 11.1 Å². The Morgan fingerprint density at radius 1 is 1.73 bits per heavy atom. The van der Waals surface area contributed by atoms with Crippen molar-refractivity contribution in [2.24, 2.45) is 4.99 Å². The van der Waals surface area contributed by atoms with Crippen LogP contribution in [0.15, 0.2) is 21.7 Å². The van der Waals surface area contributed by atoms with Crippen molar-refractivity contribution in [3.63, 3.8) is 0 Å². The molecular weight excluding hydrogens is 231 g/mol. The van der Waals surface area contributed by atoms with Crippen molar-refractivity contribution in [1.82, 2.24) is 4.98 Å². The van der Waals surface area contributed by atoms with E-state index in [2.05, 4.69) is 25.9 Å². The molecular formula is C6H2BrClN2O. The first kappa shape index (κ1) is 8.40. The van der Waals surface area contributed by atoms with E-state index >= 15 is 0 Å². The summed E-state index contributed by atoms with van der Waals surface area (Å²) in [5, 5.41) is 0.342. The van der Waals surface area contributed by atoms with E-state index in [9.17, 15) is 4.79 Å². The van der Waals surface area contributed by atoms with Crippen LogP contribution in [0.2, 0.25) is 5.15 Å². The molecule has 1 aromatic heterocycles. The number of halogens is 2. The smallest absolute Gasteiger partial charge is 0.240 e. The van der Waals surface area contributed by atoms with Crippen LogP contribution >= 0.6 is 27.5 Å². The average Bonchev–Trinajstić information content (AvgIpc) is 1.98. The van der Waals surface area contributed by atoms with Gasteiger partial charge < -0.3 is 0 Å². The first-order valence-electron chi connectivity index (χ1n) is 2.63. The zero-order valence-corrected chi connectivity index (χ0v) is 7.56. The third-order valence-electron chi connectivity index (χ3n) is 0.957. The first-order chi connectivity index (χ1) is 5.24. The molecule has 0 saturated carbocycles. The molecule has 0 aliphatic rings. The minimum atomic E-state index is 0.342. The summed E-state index contributed by atoms with van der Waals surface area (Å²) in [6.45, 7) is 0. The molecule has 0 atom stereocenters. The molecule has 0 amide bonds. The maximum absolute atomic E-state index is 9.80. The standard InChI is InChI=1S/C6H2BrClN2O/c7-5-1-4(10-3-11)2-9-6(5)8/h1-2H.